The second kappa shape index (κ2) is 6.51. The van der Waals surface area contributed by atoms with Crippen LogP contribution in [-0.4, -0.2) is 5.78 Å². The maximum atomic E-state index is 12.4. The number of hydrogen-bond acceptors (Lipinski definition) is 1. The van der Waals surface area contributed by atoms with E-state index in [1.807, 2.05) is 18.2 Å². The van der Waals surface area contributed by atoms with Crippen molar-refractivity contribution < 1.29 is 4.79 Å². The standard InChI is InChI=1S/C19H22O/c1-4-6-16-7-5-8-18(12-16)19(20)13-17-10-9-14(2)15(3)11-17/h5,7-12H,4,6,13H2,1-3H3. The van der Waals surface area contributed by atoms with Crippen molar-refractivity contribution in [1.82, 2.24) is 0 Å². The lowest BCUT2D eigenvalue weighted by Gasteiger charge is -2.06. The zero-order chi connectivity index (χ0) is 14.5. The maximum Gasteiger partial charge on any atom is 0.167 e. The van der Waals surface area contributed by atoms with Crippen LogP contribution in [0.5, 0.6) is 0 Å². The highest BCUT2D eigenvalue weighted by molar-refractivity contribution is 5.97. The van der Waals surface area contributed by atoms with E-state index in [1.54, 1.807) is 0 Å². The SMILES string of the molecule is CCCc1cccc(C(=O)Cc2ccc(C)c(C)c2)c1. The van der Waals surface area contributed by atoms with Crippen molar-refractivity contribution in [1.29, 1.82) is 0 Å². The highest BCUT2D eigenvalue weighted by Crippen LogP contribution is 2.14. The first-order valence-electron chi connectivity index (χ1n) is 7.28. The molecule has 0 radical (unpaired) electrons. The Morgan fingerprint density at radius 2 is 1.75 bits per heavy atom. The monoisotopic (exact) mass is 266 g/mol. The van der Waals surface area contributed by atoms with Crippen LogP contribution in [0, 0.1) is 13.8 Å². The molecule has 104 valence electrons. The molecule has 0 aliphatic carbocycles. The first-order chi connectivity index (χ1) is 9.60. The molecule has 0 amide bonds. The van der Waals surface area contributed by atoms with Crippen molar-refractivity contribution in [3.63, 3.8) is 0 Å². The summed E-state index contributed by atoms with van der Waals surface area (Å²) in [6.07, 6.45) is 2.62. The van der Waals surface area contributed by atoms with E-state index < -0.39 is 0 Å². The van der Waals surface area contributed by atoms with E-state index in [2.05, 4.69) is 45.0 Å². The molecule has 0 spiro atoms. The minimum absolute atomic E-state index is 0.200. The lowest BCUT2D eigenvalue weighted by atomic mass is 9.98. The highest BCUT2D eigenvalue weighted by atomic mass is 16.1. The van der Waals surface area contributed by atoms with Gasteiger partial charge in [-0.05, 0) is 48.6 Å². The van der Waals surface area contributed by atoms with Crippen molar-refractivity contribution in [3.05, 3.63) is 70.3 Å². The Labute approximate surface area is 121 Å². The van der Waals surface area contributed by atoms with Crippen LogP contribution in [-0.2, 0) is 12.8 Å². The zero-order valence-corrected chi connectivity index (χ0v) is 12.6. The molecule has 0 aromatic heterocycles. The van der Waals surface area contributed by atoms with E-state index >= 15 is 0 Å². The fourth-order valence-electron chi connectivity index (χ4n) is 2.39. The Kier molecular flexibility index (Phi) is 4.73. The molecule has 0 heterocycles. The Balaban J connectivity index is 2.15. The molecule has 0 aliphatic heterocycles. The van der Waals surface area contributed by atoms with Gasteiger partial charge in [0.2, 0.25) is 0 Å². The number of aryl methyl sites for hydroxylation is 3. The van der Waals surface area contributed by atoms with Crippen molar-refractivity contribution in [2.24, 2.45) is 0 Å². The molecule has 0 fully saturated rings. The van der Waals surface area contributed by atoms with Gasteiger partial charge in [0.25, 0.3) is 0 Å². The van der Waals surface area contributed by atoms with Crippen LogP contribution in [0.1, 0.15) is 46.0 Å². The Morgan fingerprint density at radius 1 is 0.950 bits per heavy atom. The predicted molar refractivity (Wildman–Crippen MR) is 84.4 cm³/mol. The maximum absolute atomic E-state index is 12.4. The summed E-state index contributed by atoms with van der Waals surface area (Å²) in [5.41, 5.74) is 5.69. The third kappa shape index (κ3) is 3.57. The molecule has 0 atom stereocenters. The van der Waals surface area contributed by atoms with Gasteiger partial charge in [0.1, 0.15) is 0 Å². The first-order valence-corrected chi connectivity index (χ1v) is 7.28. The van der Waals surface area contributed by atoms with Gasteiger partial charge < -0.3 is 0 Å². The number of rotatable bonds is 5. The molecule has 20 heavy (non-hydrogen) atoms. The highest BCUT2D eigenvalue weighted by Gasteiger charge is 2.08. The van der Waals surface area contributed by atoms with Crippen molar-refractivity contribution in [2.45, 2.75) is 40.0 Å². The minimum Gasteiger partial charge on any atom is -0.294 e. The molecule has 0 aliphatic rings. The summed E-state index contributed by atoms with van der Waals surface area (Å²) < 4.78 is 0. The number of ketones is 1. The van der Waals surface area contributed by atoms with E-state index in [0.717, 1.165) is 24.0 Å². The quantitative estimate of drug-likeness (QED) is 0.718. The molecular formula is C19H22O. The predicted octanol–water partition coefficient (Wildman–Crippen LogP) is 4.68. The molecule has 1 nitrogen and oxygen atoms in total. The third-order valence-corrected chi connectivity index (χ3v) is 3.72. The fraction of sp³-hybridized carbons (Fsp3) is 0.316. The van der Waals surface area contributed by atoms with Gasteiger partial charge in [-0.25, -0.2) is 0 Å². The van der Waals surface area contributed by atoms with Crippen LogP contribution in [0.3, 0.4) is 0 Å². The molecule has 0 bridgehead atoms. The summed E-state index contributed by atoms with van der Waals surface area (Å²) in [5.74, 6) is 0.200. The van der Waals surface area contributed by atoms with Crippen molar-refractivity contribution in [2.75, 3.05) is 0 Å². The van der Waals surface area contributed by atoms with E-state index in [0.29, 0.717) is 6.42 Å². The van der Waals surface area contributed by atoms with Gasteiger partial charge in [0, 0.05) is 12.0 Å². The van der Waals surface area contributed by atoms with Crippen LogP contribution >= 0.6 is 0 Å². The van der Waals surface area contributed by atoms with Gasteiger partial charge in [0.15, 0.2) is 5.78 Å². The van der Waals surface area contributed by atoms with Crippen LogP contribution in [0.15, 0.2) is 42.5 Å². The van der Waals surface area contributed by atoms with E-state index in [9.17, 15) is 4.79 Å². The van der Waals surface area contributed by atoms with Crippen LogP contribution in [0.25, 0.3) is 0 Å². The average Bonchev–Trinajstić information content (AvgIpc) is 2.43. The minimum atomic E-state index is 0.200. The smallest absolute Gasteiger partial charge is 0.167 e. The number of benzene rings is 2. The van der Waals surface area contributed by atoms with E-state index in [1.165, 1.54) is 16.7 Å². The molecule has 0 N–H and O–H groups in total. The summed E-state index contributed by atoms with van der Waals surface area (Å²) in [5, 5.41) is 0. The molecule has 2 aromatic carbocycles. The molecule has 2 aromatic rings. The lowest BCUT2D eigenvalue weighted by Crippen LogP contribution is -2.04. The van der Waals surface area contributed by atoms with Crippen LogP contribution in [0.4, 0.5) is 0 Å². The molecule has 2 rings (SSSR count). The summed E-state index contributed by atoms with van der Waals surface area (Å²) >= 11 is 0. The van der Waals surface area contributed by atoms with E-state index in [4.69, 9.17) is 0 Å². The van der Waals surface area contributed by atoms with Gasteiger partial charge in [-0.3, -0.25) is 4.79 Å². The zero-order valence-electron chi connectivity index (χ0n) is 12.6. The number of hydrogen-bond donors (Lipinski definition) is 0. The largest absolute Gasteiger partial charge is 0.294 e. The normalized spacial score (nSPS) is 10.6. The molecule has 1 heteroatoms. The van der Waals surface area contributed by atoms with Crippen LogP contribution in [0.2, 0.25) is 0 Å². The molecular weight excluding hydrogens is 244 g/mol. The Hall–Kier alpha value is -1.89. The summed E-state index contributed by atoms with van der Waals surface area (Å²) in [6, 6.07) is 14.3. The first kappa shape index (κ1) is 14.5. The van der Waals surface area contributed by atoms with Crippen LogP contribution < -0.4 is 0 Å². The van der Waals surface area contributed by atoms with Gasteiger partial charge in [-0.15, -0.1) is 0 Å². The summed E-state index contributed by atoms with van der Waals surface area (Å²) in [7, 11) is 0. The third-order valence-electron chi connectivity index (χ3n) is 3.72. The fourth-order valence-corrected chi connectivity index (χ4v) is 2.39. The van der Waals surface area contributed by atoms with Gasteiger partial charge in [-0.1, -0.05) is 49.7 Å². The second-order valence-electron chi connectivity index (χ2n) is 5.47. The molecule has 0 unspecified atom stereocenters. The molecule has 0 saturated carbocycles. The van der Waals surface area contributed by atoms with Gasteiger partial charge >= 0.3 is 0 Å². The van der Waals surface area contributed by atoms with Gasteiger partial charge in [-0.2, -0.15) is 0 Å². The lowest BCUT2D eigenvalue weighted by molar-refractivity contribution is 0.0993. The van der Waals surface area contributed by atoms with E-state index in [-0.39, 0.29) is 5.78 Å². The van der Waals surface area contributed by atoms with Crippen molar-refractivity contribution in [3.8, 4) is 0 Å². The summed E-state index contributed by atoms with van der Waals surface area (Å²) in [6.45, 7) is 6.34. The Bertz CT molecular complexity index is 611. The Morgan fingerprint density at radius 3 is 2.45 bits per heavy atom. The number of Topliss-reactive ketones (excluding diaryl/α,β-unsaturated/α-hetero) is 1. The van der Waals surface area contributed by atoms with Gasteiger partial charge in [0.05, 0.1) is 0 Å². The molecule has 0 saturated heterocycles. The number of carbonyl (C=O) groups is 1. The second-order valence-corrected chi connectivity index (χ2v) is 5.47. The topological polar surface area (TPSA) is 17.1 Å². The number of carbonyl (C=O) groups excluding carboxylic acids is 1. The average molecular weight is 266 g/mol. The van der Waals surface area contributed by atoms with Crippen molar-refractivity contribution >= 4 is 5.78 Å². The summed E-state index contributed by atoms with van der Waals surface area (Å²) in [4.78, 5) is 12.4.